The first kappa shape index (κ1) is 63.4. The molecular formula is C59H114O6. The number of unbranched alkanes of at least 4 members (excludes halogenated alkanes) is 37. The summed E-state index contributed by atoms with van der Waals surface area (Å²) in [6.07, 6.45) is 55.3. The second-order valence-corrected chi connectivity index (χ2v) is 21.0. The van der Waals surface area contributed by atoms with Gasteiger partial charge in [0.15, 0.2) is 6.10 Å². The first-order valence-electron chi connectivity index (χ1n) is 29.3. The molecule has 0 aromatic heterocycles. The monoisotopic (exact) mass is 919 g/mol. The molecule has 0 aromatic rings. The largest absolute Gasteiger partial charge is 0.462 e. The molecule has 0 aliphatic carbocycles. The van der Waals surface area contributed by atoms with Crippen LogP contribution in [0.1, 0.15) is 330 Å². The number of esters is 3. The number of carbonyl (C=O) groups is 3. The Morgan fingerprint density at radius 1 is 0.323 bits per heavy atom. The van der Waals surface area contributed by atoms with Crippen molar-refractivity contribution < 1.29 is 28.6 Å². The van der Waals surface area contributed by atoms with Crippen LogP contribution in [0.2, 0.25) is 0 Å². The van der Waals surface area contributed by atoms with Crippen molar-refractivity contribution in [2.24, 2.45) is 11.8 Å². The maximum atomic E-state index is 12.8. The lowest BCUT2D eigenvalue weighted by Crippen LogP contribution is -2.30. The highest BCUT2D eigenvalue weighted by Crippen LogP contribution is 2.19. The smallest absolute Gasteiger partial charge is 0.306 e. The number of ether oxygens (including phenoxy) is 3. The molecule has 6 heteroatoms. The van der Waals surface area contributed by atoms with Crippen LogP contribution in [-0.4, -0.2) is 37.2 Å². The van der Waals surface area contributed by atoms with Crippen molar-refractivity contribution in [2.75, 3.05) is 13.2 Å². The zero-order valence-electron chi connectivity index (χ0n) is 44.6. The van der Waals surface area contributed by atoms with Gasteiger partial charge in [-0.15, -0.1) is 0 Å². The average molecular weight is 920 g/mol. The molecule has 386 valence electrons. The Labute approximate surface area is 406 Å². The van der Waals surface area contributed by atoms with Gasteiger partial charge in [0.05, 0.1) is 0 Å². The van der Waals surface area contributed by atoms with E-state index in [1.54, 1.807) is 0 Å². The van der Waals surface area contributed by atoms with Gasteiger partial charge in [0.2, 0.25) is 0 Å². The first-order chi connectivity index (χ1) is 31.8. The minimum Gasteiger partial charge on any atom is -0.462 e. The van der Waals surface area contributed by atoms with Crippen LogP contribution in [0.15, 0.2) is 0 Å². The second-order valence-electron chi connectivity index (χ2n) is 21.0. The Hall–Kier alpha value is -1.59. The summed E-state index contributed by atoms with van der Waals surface area (Å²) in [5, 5.41) is 0. The molecule has 0 aliphatic heterocycles. The molecule has 0 rings (SSSR count). The first-order valence-corrected chi connectivity index (χ1v) is 29.3. The van der Waals surface area contributed by atoms with Gasteiger partial charge in [0, 0.05) is 19.3 Å². The zero-order valence-corrected chi connectivity index (χ0v) is 44.6. The van der Waals surface area contributed by atoms with Crippen LogP contribution in [0, 0.1) is 11.8 Å². The van der Waals surface area contributed by atoms with E-state index in [2.05, 4.69) is 34.6 Å². The average Bonchev–Trinajstić information content (AvgIpc) is 3.29. The minimum atomic E-state index is -0.763. The highest BCUT2D eigenvalue weighted by molar-refractivity contribution is 5.71. The number of hydrogen-bond acceptors (Lipinski definition) is 6. The summed E-state index contributed by atoms with van der Waals surface area (Å²) < 4.78 is 16.9. The van der Waals surface area contributed by atoms with E-state index in [-0.39, 0.29) is 31.1 Å². The Morgan fingerprint density at radius 3 is 0.877 bits per heavy atom. The summed E-state index contributed by atoms with van der Waals surface area (Å²) in [7, 11) is 0. The highest BCUT2D eigenvalue weighted by atomic mass is 16.6. The number of rotatable bonds is 53. The fourth-order valence-electron chi connectivity index (χ4n) is 9.02. The van der Waals surface area contributed by atoms with Gasteiger partial charge in [-0.1, -0.05) is 291 Å². The third-order valence-electron chi connectivity index (χ3n) is 13.8. The van der Waals surface area contributed by atoms with Gasteiger partial charge in [-0.25, -0.2) is 0 Å². The minimum absolute atomic E-state index is 0.0634. The number of carbonyl (C=O) groups excluding carboxylic acids is 3. The number of hydrogen-bond donors (Lipinski definition) is 0. The quantitative estimate of drug-likeness (QED) is 0.0344. The summed E-state index contributed by atoms with van der Waals surface area (Å²) >= 11 is 0. The molecule has 0 bridgehead atoms. The fourth-order valence-corrected chi connectivity index (χ4v) is 9.02. The van der Waals surface area contributed by atoms with Gasteiger partial charge in [-0.2, -0.15) is 0 Å². The standard InChI is InChI=1S/C59H114O6/c1-6-8-9-10-11-12-13-14-15-16-17-21-24-27-30-33-39-44-49-57(60)63-52-56(53-64-58(61)50-45-40-36-35-38-43-48-55(5)7-2)65-59(62)51-46-41-34-31-28-25-22-19-18-20-23-26-29-32-37-42-47-54(3)4/h54-56H,6-53H2,1-5H3/t55?,56-/m0/s1. The van der Waals surface area contributed by atoms with Crippen molar-refractivity contribution in [3.63, 3.8) is 0 Å². The molecule has 1 unspecified atom stereocenters. The highest BCUT2D eigenvalue weighted by Gasteiger charge is 2.19. The van der Waals surface area contributed by atoms with Gasteiger partial charge in [0.25, 0.3) is 0 Å². The van der Waals surface area contributed by atoms with Gasteiger partial charge < -0.3 is 14.2 Å². The summed E-state index contributed by atoms with van der Waals surface area (Å²) in [5.74, 6) is 0.823. The van der Waals surface area contributed by atoms with E-state index in [1.165, 1.54) is 218 Å². The molecule has 65 heavy (non-hydrogen) atoms. The molecule has 0 aliphatic rings. The molecule has 0 radical (unpaired) electrons. The topological polar surface area (TPSA) is 78.9 Å². The van der Waals surface area contributed by atoms with E-state index in [1.807, 2.05) is 0 Å². The van der Waals surface area contributed by atoms with Crippen LogP contribution in [-0.2, 0) is 28.6 Å². The molecule has 0 saturated carbocycles. The molecule has 0 N–H and O–H groups in total. The molecule has 0 heterocycles. The molecular weight excluding hydrogens is 805 g/mol. The van der Waals surface area contributed by atoms with E-state index in [4.69, 9.17) is 14.2 Å². The lowest BCUT2D eigenvalue weighted by Gasteiger charge is -2.18. The predicted octanol–water partition coefficient (Wildman–Crippen LogP) is 19.3. The molecule has 0 spiro atoms. The van der Waals surface area contributed by atoms with Crippen LogP contribution in [0.25, 0.3) is 0 Å². The summed E-state index contributed by atoms with van der Waals surface area (Å²) in [4.78, 5) is 38.1. The van der Waals surface area contributed by atoms with E-state index >= 15 is 0 Å². The molecule has 0 saturated heterocycles. The van der Waals surface area contributed by atoms with Crippen molar-refractivity contribution in [3.8, 4) is 0 Å². The van der Waals surface area contributed by atoms with Crippen molar-refractivity contribution in [3.05, 3.63) is 0 Å². The van der Waals surface area contributed by atoms with Gasteiger partial charge in [0.1, 0.15) is 13.2 Å². The fraction of sp³-hybridized carbons (Fsp3) is 0.949. The Bertz CT molecular complexity index is 995. The van der Waals surface area contributed by atoms with E-state index in [0.717, 1.165) is 69.6 Å². The third-order valence-corrected chi connectivity index (χ3v) is 13.8. The van der Waals surface area contributed by atoms with Gasteiger partial charge >= 0.3 is 17.9 Å². The van der Waals surface area contributed by atoms with Crippen molar-refractivity contribution in [2.45, 2.75) is 336 Å². The second kappa shape index (κ2) is 51.8. The van der Waals surface area contributed by atoms with Crippen LogP contribution < -0.4 is 0 Å². The summed E-state index contributed by atoms with van der Waals surface area (Å²) in [5.41, 5.74) is 0. The molecule has 0 aromatic carbocycles. The summed E-state index contributed by atoms with van der Waals surface area (Å²) in [6.45, 7) is 11.4. The third kappa shape index (κ3) is 51.6. The summed E-state index contributed by atoms with van der Waals surface area (Å²) in [6, 6.07) is 0. The van der Waals surface area contributed by atoms with Crippen LogP contribution in [0.4, 0.5) is 0 Å². The van der Waals surface area contributed by atoms with Crippen molar-refractivity contribution in [1.29, 1.82) is 0 Å². The zero-order chi connectivity index (χ0) is 47.5. The van der Waals surface area contributed by atoms with E-state index in [9.17, 15) is 14.4 Å². The maximum absolute atomic E-state index is 12.8. The SMILES string of the molecule is CCCCCCCCCCCCCCCCCCCCC(=O)OC[C@@H](COC(=O)CCCCCCCCC(C)CC)OC(=O)CCCCCCCCCCCCCCCCCCC(C)C. The Kier molecular flexibility index (Phi) is 50.5. The van der Waals surface area contributed by atoms with Gasteiger partial charge in [-0.05, 0) is 31.1 Å². The van der Waals surface area contributed by atoms with Crippen LogP contribution >= 0.6 is 0 Å². The predicted molar refractivity (Wildman–Crippen MR) is 280 cm³/mol. The Morgan fingerprint density at radius 2 is 0.585 bits per heavy atom. The molecule has 0 amide bonds. The Balaban J connectivity index is 4.24. The maximum Gasteiger partial charge on any atom is 0.306 e. The molecule has 0 fully saturated rings. The lowest BCUT2D eigenvalue weighted by molar-refractivity contribution is -0.167. The van der Waals surface area contributed by atoms with Crippen molar-refractivity contribution in [1.82, 2.24) is 0 Å². The van der Waals surface area contributed by atoms with Crippen LogP contribution in [0.3, 0.4) is 0 Å². The normalized spacial score (nSPS) is 12.5. The van der Waals surface area contributed by atoms with Gasteiger partial charge in [-0.3, -0.25) is 14.4 Å². The van der Waals surface area contributed by atoms with Crippen LogP contribution in [0.5, 0.6) is 0 Å². The molecule has 6 nitrogen and oxygen atoms in total. The van der Waals surface area contributed by atoms with E-state index in [0.29, 0.717) is 19.3 Å². The van der Waals surface area contributed by atoms with E-state index < -0.39 is 6.10 Å². The lowest BCUT2D eigenvalue weighted by atomic mass is 10.00. The molecule has 2 atom stereocenters. The van der Waals surface area contributed by atoms with Crippen molar-refractivity contribution >= 4 is 17.9 Å².